The van der Waals surface area contributed by atoms with E-state index in [0.29, 0.717) is 5.91 Å². The van der Waals surface area contributed by atoms with Gasteiger partial charge in [0.1, 0.15) is 10.8 Å². The zero-order valence-electron chi connectivity index (χ0n) is 16.4. The number of thiazole rings is 1. The molecule has 2 aliphatic rings. The van der Waals surface area contributed by atoms with E-state index >= 15 is 0 Å². The minimum Gasteiger partial charge on any atom is -0.355 e. The number of nitrogens with zero attached hydrogens (tertiary/aromatic N) is 5. The first kappa shape index (κ1) is 18.5. The number of benzene rings is 1. The number of hydrogen-bond acceptors (Lipinski definition) is 6. The molecule has 1 amide bonds. The molecule has 5 rings (SSSR count). The van der Waals surface area contributed by atoms with E-state index in [2.05, 4.69) is 38.0 Å². The molecule has 0 aliphatic carbocycles. The van der Waals surface area contributed by atoms with E-state index in [0.717, 1.165) is 68.1 Å². The number of aromatic nitrogens is 3. The maximum absolute atomic E-state index is 13.5. The number of carbonyl (C=O) groups is 1. The molecule has 2 fully saturated rings. The third-order valence-electron chi connectivity index (χ3n) is 6.10. The molecule has 0 radical (unpaired) electrons. The molecule has 7 heteroatoms. The Labute approximate surface area is 174 Å². The largest absolute Gasteiger partial charge is 0.355 e. The third kappa shape index (κ3) is 3.71. The van der Waals surface area contributed by atoms with Gasteiger partial charge in [-0.3, -0.25) is 9.78 Å². The number of amides is 1. The lowest BCUT2D eigenvalue weighted by Gasteiger charge is -2.39. The number of hydrogen-bond donors (Lipinski definition) is 0. The van der Waals surface area contributed by atoms with Crippen LogP contribution < -0.4 is 4.90 Å². The van der Waals surface area contributed by atoms with Crippen molar-refractivity contribution in [3.63, 3.8) is 0 Å². The predicted molar refractivity (Wildman–Crippen MR) is 115 cm³/mol. The number of para-hydroxylation sites is 1. The van der Waals surface area contributed by atoms with E-state index in [-0.39, 0.29) is 12.0 Å². The van der Waals surface area contributed by atoms with Gasteiger partial charge >= 0.3 is 0 Å². The average molecular weight is 408 g/mol. The van der Waals surface area contributed by atoms with Crippen molar-refractivity contribution in [3.8, 4) is 0 Å². The van der Waals surface area contributed by atoms with Gasteiger partial charge in [0.2, 0.25) is 5.91 Å². The highest BCUT2D eigenvalue weighted by atomic mass is 32.1. The van der Waals surface area contributed by atoms with Crippen molar-refractivity contribution in [2.24, 2.45) is 5.92 Å². The third-order valence-corrected chi connectivity index (χ3v) is 7.24. The lowest BCUT2D eigenvalue weighted by atomic mass is 9.92. The van der Waals surface area contributed by atoms with E-state index in [4.69, 9.17) is 4.98 Å². The summed E-state index contributed by atoms with van der Waals surface area (Å²) in [7, 11) is 0. The van der Waals surface area contributed by atoms with Gasteiger partial charge in [-0.2, -0.15) is 0 Å². The number of carbonyl (C=O) groups excluding carboxylic acids is 1. The first-order chi connectivity index (χ1) is 14.3. The van der Waals surface area contributed by atoms with Crippen LogP contribution >= 0.6 is 11.3 Å². The number of fused-ring (bicyclic) bond motifs is 1. The van der Waals surface area contributed by atoms with Gasteiger partial charge in [0.25, 0.3) is 0 Å². The molecule has 2 aliphatic heterocycles. The van der Waals surface area contributed by atoms with Crippen molar-refractivity contribution in [2.75, 3.05) is 24.5 Å². The molecule has 2 saturated heterocycles. The fourth-order valence-electron chi connectivity index (χ4n) is 4.53. The second-order valence-corrected chi connectivity index (χ2v) is 8.95. The predicted octanol–water partition coefficient (Wildman–Crippen LogP) is 4.06. The standard InChI is InChI=1S/C22H25N5OS/c28-22(16-8-13-26(14-9-16)20-15-23-10-11-24-20)27-12-4-3-6-18(27)21-25-17-5-1-2-7-19(17)29-21/h1-2,5,7,10-11,15-16,18H,3-4,6,8-9,12-14H2. The molecule has 6 nitrogen and oxygen atoms in total. The van der Waals surface area contributed by atoms with Crippen LogP contribution in [-0.4, -0.2) is 45.4 Å². The van der Waals surface area contributed by atoms with Gasteiger partial charge in [0.15, 0.2) is 0 Å². The van der Waals surface area contributed by atoms with Crippen LogP contribution in [0.1, 0.15) is 43.2 Å². The second-order valence-electron chi connectivity index (χ2n) is 7.89. The van der Waals surface area contributed by atoms with Crippen LogP contribution in [-0.2, 0) is 4.79 Å². The maximum Gasteiger partial charge on any atom is 0.226 e. The summed E-state index contributed by atoms with van der Waals surface area (Å²) < 4.78 is 1.21. The summed E-state index contributed by atoms with van der Waals surface area (Å²) in [6.45, 7) is 2.56. The molecule has 1 atom stereocenters. The quantitative estimate of drug-likeness (QED) is 0.655. The average Bonchev–Trinajstić information content (AvgIpc) is 3.23. The fourth-order valence-corrected chi connectivity index (χ4v) is 5.64. The van der Waals surface area contributed by atoms with Gasteiger partial charge in [-0.05, 0) is 44.2 Å². The molecule has 1 unspecified atom stereocenters. The normalized spacial score (nSPS) is 20.9. The molecule has 0 saturated carbocycles. The minimum absolute atomic E-state index is 0.0953. The van der Waals surface area contributed by atoms with E-state index in [9.17, 15) is 4.79 Å². The van der Waals surface area contributed by atoms with Gasteiger partial charge in [-0.15, -0.1) is 11.3 Å². The van der Waals surface area contributed by atoms with E-state index in [1.165, 1.54) is 4.70 Å². The van der Waals surface area contributed by atoms with Crippen LogP contribution in [0.25, 0.3) is 10.2 Å². The van der Waals surface area contributed by atoms with Gasteiger partial charge in [-0.25, -0.2) is 9.97 Å². The molecule has 0 bridgehead atoms. The van der Waals surface area contributed by atoms with Gasteiger partial charge in [-0.1, -0.05) is 12.1 Å². The van der Waals surface area contributed by atoms with Gasteiger partial charge < -0.3 is 9.80 Å². The van der Waals surface area contributed by atoms with E-state index < -0.39 is 0 Å². The molecule has 150 valence electrons. The first-order valence-corrected chi connectivity index (χ1v) is 11.3. The number of anilines is 1. The number of piperidine rings is 2. The molecule has 1 aromatic carbocycles. The van der Waals surface area contributed by atoms with Crippen molar-refractivity contribution in [2.45, 2.75) is 38.1 Å². The SMILES string of the molecule is O=C(C1CCN(c2cnccn2)CC1)N1CCCCC1c1nc2ccccc2s1. The van der Waals surface area contributed by atoms with Crippen molar-refractivity contribution in [1.29, 1.82) is 0 Å². The molecular formula is C22H25N5OS. The van der Waals surface area contributed by atoms with Crippen molar-refractivity contribution >= 4 is 33.3 Å². The molecule has 4 heterocycles. The highest BCUT2D eigenvalue weighted by molar-refractivity contribution is 7.18. The summed E-state index contributed by atoms with van der Waals surface area (Å²) in [5.74, 6) is 1.31. The fraction of sp³-hybridized carbons (Fsp3) is 0.455. The maximum atomic E-state index is 13.5. The minimum atomic E-state index is 0.0953. The highest BCUT2D eigenvalue weighted by Gasteiger charge is 2.35. The smallest absolute Gasteiger partial charge is 0.226 e. The summed E-state index contributed by atoms with van der Waals surface area (Å²) in [4.78, 5) is 31.2. The zero-order valence-corrected chi connectivity index (χ0v) is 17.2. The summed E-state index contributed by atoms with van der Waals surface area (Å²) in [6, 6.07) is 8.39. The molecule has 0 N–H and O–H groups in total. The lowest BCUT2D eigenvalue weighted by molar-refractivity contribution is -0.140. The topological polar surface area (TPSA) is 62.2 Å². The zero-order chi connectivity index (χ0) is 19.6. The van der Waals surface area contributed by atoms with Crippen molar-refractivity contribution in [1.82, 2.24) is 19.9 Å². The van der Waals surface area contributed by atoms with Crippen LogP contribution in [0.15, 0.2) is 42.9 Å². The first-order valence-electron chi connectivity index (χ1n) is 10.5. The Morgan fingerprint density at radius 1 is 1.03 bits per heavy atom. The van der Waals surface area contributed by atoms with Crippen LogP contribution in [0.3, 0.4) is 0 Å². The lowest BCUT2D eigenvalue weighted by Crippen LogP contribution is -2.45. The van der Waals surface area contributed by atoms with Crippen molar-refractivity contribution < 1.29 is 4.79 Å². The Bertz CT molecular complexity index is 950. The summed E-state index contributed by atoms with van der Waals surface area (Å²) in [6.07, 6.45) is 10.2. The Kier molecular flexibility index (Phi) is 5.14. The molecule has 29 heavy (non-hydrogen) atoms. The van der Waals surface area contributed by atoms with Crippen LogP contribution in [0.2, 0.25) is 0 Å². The van der Waals surface area contributed by atoms with Gasteiger partial charge in [0.05, 0.1) is 22.5 Å². The Balaban J connectivity index is 1.30. The second kappa shape index (κ2) is 8.06. The Morgan fingerprint density at radius 3 is 2.69 bits per heavy atom. The highest BCUT2D eigenvalue weighted by Crippen LogP contribution is 2.37. The molecule has 0 spiro atoms. The Morgan fingerprint density at radius 2 is 1.90 bits per heavy atom. The van der Waals surface area contributed by atoms with Crippen LogP contribution in [0, 0.1) is 5.92 Å². The van der Waals surface area contributed by atoms with E-state index in [1.54, 1.807) is 29.9 Å². The number of likely N-dealkylation sites (tertiary alicyclic amines) is 1. The Hall–Kier alpha value is -2.54. The molecule has 3 aromatic rings. The van der Waals surface area contributed by atoms with Gasteiger partial charge in [0, 0.05) is 37.9 Å². The molecular weight excluding hydrogens is 382 g/mol. The van der Waals surface area contributed by atoms with Crippen molar-refractivity contribution in [3.05, 3.63) is 47.9 Å². The summed E-state index contributed by atoms with van der Waals surface area (Å²) >= 11 is 1.74. The summed E-state index contributed by atoms with van der Waals surface area (Å²) in [5, 5.41) is 1.09. The molecule has 2 aromatic heterocycles. The number of rotatable bonds is 3. The van der Waals surface area contributed by atoms with E-state index in [1.807, 2.05) is 6.07 Å². The van der Waals surface area contributed by atoms with Crippen LogP contribution in [0.4, 0.5) is 5.82 Å². The monoisotopic (exact) mass is 407 g/mol. The van der Waals surface area contributed by atoms with Crippen LogP contribution in [0.5, 0.6) is 0 Å². The summed E-state index contributed by atoms with van der Waals surface area (Å²) in [5.41, 5.74) is 1.04.